The van der Waals surface area contributed by atoms with Crippen LogP contribution in [0.1, 0.15) is 40.0 Å². The number of Topliss-reactive ketones (excluding diaryl/α,β-unsaturated/α-hetero) is 1. The minimum Gasteiger partial charge on any atom is -0.390 e. The van der Waals surface area contributed by atoms with Crippen LogP contribution in [0.3, 0.4) is 0 Å². The van der Waals surface area contributed by atoms with Crippen molar-refractivity contribution in [3.63, 3.8) is 0 Å². The van der Waals surface area contributed by atoms with Crippen molar-refractivity contribution in [1.29, 1.82) is 0 Å². The zero-order valence-corrected chi connectivity index (χ0v) is 17.8. The molecule has 2 N–H and O–H groups in total. The van der Waals surface area contributed by atoms with Gasteiger partial charge in [-0.1, -0.05) is 36.4 Å². The Morgan fingerprint density at radius 2 is 1.70 bits per heavy atom. The molecule has 0 saturated carbocycles. The molecule has 1 aromatic heterocycles. The molecule has 3 aromatic rings. The number of hydrogen-bond acceptors (Lipinski definition) is 6. The molecule has 1 spiro atoms. The minimum atomic E-state index is -3.67. The van der Waals surface area contributed by atoms with Gasteiger partial charge >= 0.3 is 0 Å². The van der Waals surface area contributed by atoms with Gasteiger partial charge in [0.2, 0.25) is 0 Å². The third-order valence-electron chi connectivity index (χ3n) is 6.33. The van der Waals surface area contributed by atoms with Crippen LogP contribution in [0.25, 0.3) is 10.1 Å². The summed E-state index contributed by atoms with van der Waals surface area (Å²) in [6.07, 6.45) is 0.449. The molecule has 2 aromatic carbocycles. The molecular formula is C22H20N2O4S2. The van der Waals surface area contributed by atoms with Gasteiger partial charge in [0, 0.05) is 35.2 Å². The van der Waals surface area contributed by atoms with Crippen molar-refractivity contribution in [2.45, 2.75) is 28.9 Å². The highest BCUT2D eigenvalue weighted by atomic mass is 32.2. The summed E-state index contributed by atoms with van der Waals surface area (Å²) in [5.41, 5.74) is 6.90. The normalized spacial score (nSPS) is 19.7. The predicted molar refractivity (Wildman–Crippen MR) is 117 cm³/mol. The van der Waals surface area contributed by atoms with Gasteiger partial charge in [0.15, 0.2) is 15.6 Å². The number of nitrogens with two attached hydrogens (primary N) is 1. The summed E-state index contributed by atoms with van der Waals surface area (Å²) >= 11 is 1.37. The molecule has 0 unspecified atom stereocenters. The Kier molecular flexibility index (Phi) is 4.27. The van der Waals surface area contributed by atoms with Crippen molar-refractivity contribution in [1.82, 2.24) is 4.90 Å². The van der Waals surface area contributed by atoms with Crippen LogP contribution in [0.2, 0.25) is 0 Å². The molecule has 8 heteroatoms. The van der Waals surface area contributed by atoms with Gasteiger partial charge in [-0.25, -0.2) is 8.42 Å². The number of amides is 1. The summed E-state index contributed by atoms with van der Waals surface area (Å²) in [6, 6.07) is 14.0. The van der Waals surface area contributed by atoms with E-state index < -0.39 is 14.6 Å². The monoisotopic (exact) mass is 440 g/mol. The molecule has 2 aliphatic heterocycles. The molecule has 1 fully saturated rings. The molecule has 5 rings (SSSR count). The maximum atomic E-state index is 13.4. The molecule has 3 heterocycles. The average molecular weight is 441 g/mol. The molecule has 1 saturated heterocycles. The quantitative estimate of drug-likeness (QED) is 0.624. The number of anilines is 1. The maximum Gasteiger partial charge on any atom is 0.257 e. The zero-order chi connectivity index (χ0) is 21.1. The van der Waals surface area contributed by atoms with Gasteiger partial charge in [0.1, 0.15) is 0 Å². The maximum absolute atomic E-state index is 13.4. The number of fused-ring (bicyclic) bond motifs is 2. The number of sulfone groups is 1. The van der Waals surface area contributed by atoms with Crippen LogP contribution < -0.4 is 5.73 Å². The number of nitrogen functional groups attached to an aromatic ring is 1. The fraction of sp³-hybridized carbons (Fsp3) is 0.273. The highest BCUT2D eigenvalue weighted by molar-refractivity contribution is 7.93. The first-order valence-corrected chi connectivity index (χ1v) is 12.1. The van der Waals surface area contributed by atoms with E-state index in [-0.39, 0.29) is 54.5 Å². The van der Waals surface area contributed by atoms with E-state index in [1.165, 1.54) is 17.4 Å². The summed E-state index contributed by atoms with van der Waals surface area (Å²) in [5, 5.41) is 1.29. The van der Waals surface area contributed by atoms with E-state index in [4.69, 9.17) is 5.73 Å². The molecule has 154 valence electrons. The highest BCUT2D eigenvalue weighted by Crippen LogP contribution is 2.44. The van der Waals surface area contributed by atoms with Gasteiger partial charge in [0.25, 0.3) is 5.91 Å². The number of likely N-dealkylation sites (tertiary alicyclic amines) is 1. The topological polar surface area (TPSA) is 97.5 Å². The SMILES string of the molecule is Nc1sc2ccccc2c1C(=O)N1CCC2(CC1)CC(=O)c1ccccc1S2(=O)=O. The van der Waals surface area contributed by atoms with Crippen molar-refractivity contribution < 1.29 is 18.0 Å². The van der Waals surface area contributed by atoms with Crippen molar-refractivity contribution in [3.05, 3.63) is 59.7 Å². The van der Waals surface area contributed by atoms with Gasteiger partial charge in [-0.3, -0.25) is 9.59 Å². The Morgan fingerprint density at radius 1 is 1.03 bits per heavy atom. The standard InChI is InChI=1S/C22H20N2O4S2/c23-20-19(15-6-1-3-7-17(15)29-20)21(26)24-11-9-22(10-12-24)13-16(25)14-5-2-4-8-18(14)30(22,27)28/h1-8H,9-13,23H2. The van der Waals surface area contributed by atoms with Crippen molar-refractivity contribution in [3.8, 4) is 0 Å². The second-order valence-corrected chi connectivity index (χ2v) is 11.3. The number of benzene rings is 2. The molecule has 30 heavy (non-hydrogen) atoms. The van der Waals surface area contributed by atoms with Crippen molar-refractivity contribution in [2.24, 2.45) is 0 Å². The summed E-state index contributed by atoms with van der Waals surface area (Å²) < 4.78 is 26.6. The minimum absolute atomic E-state index is 0.0299. The van der Waals surface area contributed by atoms with E-state index in [9.17, 15) is 18.0 Å². The summed E-state index contributed by atoms with van der Waals surface area (Å²) in [4.78, 5) is 27.7. The molecule has 0 bridgehead atoms. The number of ketones is 1. The predicted octanol–water partition coefficient (Wildman–Crippen LogP) is 3.52. The molecule has 0 aliphatic carbocycles. The number of hydrogen-bond donors (Lipinski definition) is 1. The Bertz CT molecular complexity index is 1300. The van der Waals surface area contributed by atoms with E-state index in [0.717, 1.165) is 10.1 Å². The van der Waals surface area contributed by atoms with Gasteiger partial charge in [-0.15, -0.1) is 11.3 Å². The molecule has 0 radical (unpaired) electrons. The smallest absolute Gasteiger partial charge is 0.257 e. The van der Waals surface area contributed by atoms with Crippen LogP contribution in [-0.4, -0.2) is 42.8 Å². The van der Waals surface area contributed by atoms with Crippen LogP contribution in [0.4, 0.5) is 5.00 Å². The molecule has 6 nitrogen and oxygen atoms in total. The number of carbonyl (C=O) groups excluding carboxylic acids is 2. The summed E-state index contributed by atoms with van der Waals surface area (Å²) in [7, 11) is -3.67. The largest absolute Gasteiger partial charge is 0.390 e. The van der Waals surface area contributed by atoms with Gasteiger partial charge in [0.05, 0.1) is 20.2 Å². The number of rotatable bonds is 1. The average Bonchev–Trinajstić information content (AvgIpc) is 3.08. The van der Waals surface area contributed by atoms with Crippen LogP contribution >= 0.6 is 11.3 Å². The van der Waals surface area contributed by atoms with E-state index in [0.29, 0.717) is 10.6 Å². The third kappa shape index (κ3) is 2.63. The lowest BCUT2D eigenvalue weighted by atomic mass is 9.87. The van der Waals surface area contributed by atoms with E-state index in [1.807, 2.05) is 24.3 Å². The Labute approximate surface area is 178 Å². The van der Waals surface area contributed by atoms with Crippen molar-refractivity contribution in [2.75, 3.05) is 18.8 Å². The lowest BCUT2D eigenvalue weighted by molar-refractivity contribution is 0.0694. The lowest BCUT2D eigenvalue weighted by Crippen LogP contribution is -2.53. The second kappa shape index (κ2) is 6.65. The number of nitrogens with zero attached hydrogens (tertiary/aromatic N) is 1. The van der Waals surface area contributed by atoms with Crippen LogP contribution in [-0.2, 0) is 9.84 Å². The summed E-state index contributed by atoms with van der Waals surface area (Å²) in [5.74, 6) is -0.326. The number of carbonyl (C=O) groups is 2. The first-order valence-electron chi connectivity index (χ1n) is 9.77. The number of piperidine rings is 1. The first-order chi connectivity index (χ1) is 14.3. The van der Waals surface area contributed by atoms with Crippen LogP contribution in [0, 0.1) is 0 Å². The molecular weight excluding hydrogens is 420 g/mol. The molecule has 1 amide bonds. The summed E-state index contributed by atoms with van der Waals surface area (Å²) in [6.45, 7) is 0.550. The van der Waals surface area contributed by atoms with Crippen LogP contribution in [0.15, 0.2) is 53.4 Å². The van der Waals surface area contributed by atoms with Crippen molar-refractivity contribution >= 4 is 48.0 Å². The Hall–Kier alpha value is -2.71. The van der Waals surface area contributed by atoms with E-state index >= 15 is 0 Å². The lowest BCUT2D eigenvalue weighted by Gasteiger charge is -2.43. The van der Waals surface area contributed by atoms with E-state index in [1.54, 1.807) is 23.1 Å². The number of thiophene rings is 1. The third-order valence-corrected chi connectivity index (χ3v) is 9.96. The van der Waals surface area contributed by atoms with Gasteiger partial charge < -0.3 is 10.6 Å². The van der Waals surface area contributed by atoms with E-state index in [2.05, 4.69) is 0 Å². The molecule has 0 atom stereocenters. The molecule has 2 aliphatic rings. The zero-order valence-electron chi connectivity index (χ0n) is 16.1. The van der Waals surface area contributed by atoms with Gasteiger partial charge in [-0.2, -0.15) is 0 Å². The van der Waals surface area contributed by atoms with Gasteiger partial charge in [-0.05, 0) is 25.0 Å². The Balaban J connectivity index is 1.45. The fourth-order valence-corrected chi connectivity index (χ4v) is 7.85. The Morgan fingerprint density at radius 3 is 2.47 bits per heavy atom. The first kappa shape index (κ1) is 19.3. The highest BCUT2D eigenvalue weighted by Gasteiger charge is 2.52. The van der Waals surface area contributed by atoms with Crippen LogP contribution in [0.5, 0.6) is 0 Å². The second-order valence-electron chi connectivity index (χ2n) is 7.91. The fourth-order valence-electron chi connectivity index (χ4n) is 4.65.